The largest absolute Gasteiger partial charge is 0.490 e. The van der Waals surface area contributed by atoms with Crippen molar-refractivity contribution < 1.29 is 14.3 Å². The SMILES string of the molecule is CCCCOc1ccc(/C=N/NC(=O)c2cc(-c3ccc(C(C)C)cc3)nc3ccccc23)cc1OCC. The molecule has 0 aliphatic carbocycles. The fourth-order valence-corrected chi connectivity index (χ4v) is 4.09. The van der Waals surface area contributed by atoms with Crippen LogP contribution in [-0.4, -0.2) is 30.3 Å². The molecule has 38 heavy (non-hydrogen) atoms. The van der Waals surface area contributed by atoms with E-state index in [4.69, 9.17) is 14.5 Å². The van der Waals surface area contributed by atoms with Gasteiger partial charge in [-0.3, -0.25) is 4.79 Å². The third-order valence-corrected chi connectivity index (χ3v) is 6.24. The van der Waals surface area contributed by atoms with Crippen LogP contribution in [0.25, 0.3) is 22.2 Å². The van der Waals surface area contributed by atoms with E-state index in [-0.39, 0.29) is 5.91 Å². The van der Waals surface area contributed by atoms with E-state index in [1.165, 1.54) is 5.56 Å². The molecule has 0 aliphatic heterocycles. The number of hydrogen-bond acceptors (Lipinski definition) is 5. The summed E-state index contributed by atoms with van der Waals surface area (Å²) in [5, 5.41) is 5.00. The van der Waals surface area contributed by atoms with Crippen LogP contribution in [0, 0.1) is 0 Å². The molecule has 3 aromatic carbocycles. The third-order valence-electron chi connectivity index (χ3n) is 6.24. The first-order chi connectivity index (χ1) is 18.5. The van der Waals surface area contributed by atoms with Crippen molar-refractivity contribution in [3.05, 3.63) is 89.5 Å². The highest BCUT2D eigenvalue weighted by atomic mass is 16.5. The first-order valence-corrected chi connectivity index (χ1v) is 13.2. The fraction of sp³-hybridized carbons (Fsp3) is 0.281. The molecule has 0 saturated carbocycles. The average molecular weight is 510 g/mol. The van der Waals surface area contributed by atoms with Crippen molar-refractivity contribution in [3.63, 3.8) is 0 Å². The van der Waals surface area contributed by atoms with Crippen LogP contribution >= 0.6 is 0 Å². The van der Waals surface area contributed by atoms with E-state index >= 15 is 0 Å². The van der Waals surface area contributed by atoms with Crippen molar-refractivity contribution in [1.29, 1.82) is 0 Å². The molecule has 6 heteroatoms. The highest BCUT2D eigenvalue weighted by Gasteiger charge is 2.14. The summed E-state index contributed by atoms with van der Waals surface area (Å²) in [7, 11) is 0. The number of unbranched alkanes of at least 4 members (excludes halogenated alkanes) is 1. The van der Waals surface area contributed by atoms with Gasteiger partial charge in [-0.05, 0) is 60.7 Å². The highest BCUT2D eigenvalue weighted by Crippen LogP contribution is 2.29. The number of nitrogens with zero attached hydrogens (tertiary/aromatic N) is 2. The Bertz CT molecular complexity index is 1410. The van der Waals surface area contributed by atoms with E-state index in [0.29, 0.717) is 36.2 Å². The van der Waals surface area contributed by atoms with Gasteiger partial charge in [-0.1, -0.05) is 69.7 Å². The number of rotatable bonds is 11. The van der Waals surface area contributed by atoms with Gasteiger partial charge < -0.3 is 9.47 Å². The predicted molar refractivity (Wildman–Crippen MR) is 154 cm³/mol. The molecule has 1 amide bonds. The molecule has 0 bridgehead atoms. The zero-order valence-corrected chi connectivity index (χ0v) is 22.5. The lowest BCUT2D eigenvalue weighted by Gasteiger charge is -2.12. The van der Waals surface area contributed by atoms with Crippen molar-refractivity contribution in [2.24, 2.45) is 5.10 Å². The number of ether oxygens (including phenoxy) is 2. The van der Waals surface area contributed by atoms with Crippen molar-refractivity contribution in [2.45, 2.75) is 46.5 Å². The third kappa shape index (κ3) is 6.57. The van der Waals surface area contributed by atoms with Crippen molar-refractivity contribution in [2.75, 3.05) is 13.2 Å². The monoisotopic (exact) mass is 509 g/mol. The van der Waals surface area contributed by atoms with Gasteiger partial charge >= 0.3 is 0 Å². The Balaban J connectivity index is 1.56. The molecule has 0 spiro atoms. The second kappa shape index (κ2) is 12.9. The lowest BCUT2D eigenvalue weighted by atomic mass is 9.99. The number of pyridine rings is 1. The van der Waals surface area contributed by atoms with E-state index in [1.807, 2.05) is 55.5 Å². The number of para-hydroxylation sites is 1. The van der Waals surface area contributed by atoms with Crippen molar-refractivity contribution in [1.82, 2.24) is 10.4 Å². The zero-order chi connectivity index (χ0) is 26.9. The van der Waals surface area contributed by atoms with Crippen LogP contribution in [0.5, 0.6) is 11.5 Å². The Labute approximate surface area is 224 Å². The van der Waals surface area contributed by atoms with Gasteiger partial charge in [-0.15, -0.1) is 0 Å². The van der Waals surface area contributed by atoms with Crippen molar-refractivity contribution >= 4 is 23.0 Å². The molecular weight excluding hydrogens is 474 g/mol. The maximum atomic E-state index is 13.2. The molecule has 0 aliphatic rings. The van der Waals surface area contributed by atoms with Crippen LogP contribution in [0.2, 0.25) is 0 Å². The molecule has 4 rings (SSSR count). The summed E-state index contributed by atoms with van der Waals surface area (Å²) in [5.74, 6) is 1.51. The number of fused-ring (bicyclic) bond motifs is 1. The summed E-state index contributed by atoms with van der Waals surface area (Å²) >= 11 is 0. The minimum Gasteiger partial charge on any atom is -0.490 e. The zero-order valence-electron chi connectivity index (χ0n) is 22.5. The first kappa shape index (κ1) is 26.9. The molecule has 4 aromatic rings. The van der Waals surface area contributed by atoms with Crippen LogP contribution in [0.3, 0.4) is 0 Å². The smallest absolute Gasteiger partial charge is 0.272 e. The Kier molecular flexibility index (Phi) is 9.09. The molecule has 1 heterocycles. The highest BCUT2D eigenvalue weighted by molar-refractivity contribution is 6.07. The van der Waals surface area contributed by atoms with E-state index in [9.17, 15) is 4.79 Å². The number of carbonyl (C=O) groups excluding carboxylic acids is 1. The molecule has 1 N–H and O–H groups in total. The second-order valence-corrected chi connectivity index (χ2v) is 9.39. The standard InChI is InChI=1S/C32H35N3O3/c1-5-7-18-38-30-17-12-23(19-31(30)37-6-2)21-33-35-32(36)27-20-29(34-28-11-9-8-10-26(27)28)25-15-13-24(14-16-25)22(3)4/h8-17,19-22H,5-7,18H2,1-4H3,(H,35,36)/b33-21+. The minimum atomic E-state index is -0.301. The molecule has 0 radical (unpaired) electrons. The van der Waals surface area contributed by atoms with Crippen LogP contribution in [0.1, 0.15) is 67.9 Å². The molecule has 6 nitrogen and oxygen atoms in total. The topological polar surface area (TPSA) is 72.8 Å². The quantitative estimate of drug-likeness (QED) is 0.130. The van der Waals surface area contributed by atoms with Gasteiger partial charge in [0, 0.05) is 10.9 Å². The van der Waals surface area contributed by atoms with E-state index < -0.39 is 0 Å². The van der Waals surface area contributed by atoms with Gasteiger partial charge in [0.25, 0.3) is 5.91 Å². The average Bonchev–Trinajstić information content (AvgIpc) is 2.93. The normalized spacial score (nSPS) is 11.3. The maximum Gasteiger partial charge on any atom is 0.272 e. The van der Waals surface area contributed by atoms with Crippen molar-refractivity contribution in [3.8, 4) is 22.8 Å². The Hall–Kier alpha value is -4.19. The minimum absolute atomic E-state index is 0.301. The molecule has 1 aromatic heterocycles. The fourth-order valence-electron chi connectivity index (χ4n) is 4.09. The van der Waals surface area contributed by atoms with Gasteiger partial charge in [0.1, 0.15) is 0 Å². The van der Waals surface area contributed by atoms with Crippen LogP contribution in [0.15, 0.2) is 77.9 Å². The second-order valence-electron chi connectivity index (χ2n) is 9.39. The summed E-state index contributed by atoms with van der Waals surface area (Å²) in [6.45, 7) is 9.56. The first-order valence-electron chi connectivity index (χ1n) is 13.2. The summed E-state index contributed by atoms with van der Waals surface area (Å²) < 4.78 is 11.6. The van der Waals surface area contributed by atoms with Gasteiger partial charge in [0.2, 0.25) is 0 Å². The van der Waals surface area contributed by atoms with Gasteiger partial charge in [0.05, 0.1) is 36.2 Å². The summed E-state index contributed by atoms with van der Waals surface area (Å²) in [6, 6.07) is 23.4. The summed E-state index contributed by atoms with van der Waals surface area (Å²) in [5.41, 5.74) is 7.71. The van der Waals surface area contributed by atoms with Gasteiger partial charge in [0.15, 0.2) is 11.5 Å². The number of aromatic nitrogens is 1. The number of carbonyl (C=O) groups is 1. The Morgan fingerprint density at radius 3 is 2.50 bits per heavy atom. The molecule has 0 fully saturated rings. The number of hydrazone groups is 1. The van der Waals surface area contributed by atoms with E-state index in [2.05, 4.69) is 55.6 Å². The number of amides is 1. The number of hydrogen-bond donors (Lipinski definition) is 1. The van der Waals surface area contributed by atoms with Gasteiger partial charge in [-0.2, -0.15) is 5.10 Å². The molecule has 196 valence electrons. The number of benzene rings is 3. The van der Waals surface area contributed by atoms with Gasteiger partial charge in [-0.25, -0.2) is 10.4 Å². The van der Waals surface area contributed by atoms with Crippen LogP contribution in [-0.2, 0) is 0 Å². The lowest BCUT2D eigenvalue weighted by molar-refractivity contribution is 0.0956. The lowest BCUT2D eigenvalue weighted by Crippen LogP contribution is -2.18. The predicted octanol–water partition coefficient (Wildman–Crippen LogP) is 7.37. The molecule has 0 unspecified atom stereocenters. The van der Waals surface area contributed by atoms with E-state index in [0.717, 1.165) is 40.6 Å². The summed E-state index contributed by atoms with van der Waals surface area (Å²) in [6.07, 6.45) is 3.65. The molecular formula is C32H35N3O3. The molecule has 0 atom stereocenters. The molecule has 0 saturated heterocycles. The van der Waals surface area contributed by atoms with E-state index in [1.54, 1.807) is 6.21 Å². The van der Waals surface area contributed by atoms with Crippen LogP contribution in [0.4, 0.5) is 0 Å². The Morgan fingerprint density at radius 2 is 1.76 bits per heavy atom. The maximum absolute atomic E-state index is 13.2. The number of nitrogens with one attached hydrogen (secondary N) is 1. The Morgan fingerprint density at radius 1 is 0.974 bits per heavy atom. The van der Waals surface area contributed by atoms with Crippen LogP contribution < -0.4 is 14.9 Å². The summed E-state index contributed by atoms with van der Waals surface area (Å²) in [4.78, 5) is 18.1.